The molecular weight excluding hydrogens is 364 g/mol. The number of aryl methyl sites for hydroxylation is 1. The normalized spacial score (nSPS) is 19.7. The summed E-state index contributed by atoms with van der Waals surface area (Å²) in [6.45, 7) is 4.46. The third kappa shape index (κ3) is 7.23. The fourth-order valence-corrected chi connectivity index (χ4v) is 4.54. The summed E-state index contributed by atoms with van der Waals surface area (Å²) >= 11 is 0. The molecule has 30 heavy (non-hydrogen) atoms. The van der Waals surface area contributed by atoms with Gasteiger partial charge in [-0.1, -0.05) is 94.5 Å². The van der Waals surface area contributed by atoms with Crippen LogP contribution < -0.4 is 0 Å². The van der Waals surface area contributed by atoms with E-state index in [9.17, 15) is 0 Å². The molecule has 3 rings (SSSR count). The standard InChI is InChI=1S/C28H38N2/c1-3-5-6-7-8-24-13-17-27(18-14-24)28-19-15-26(16-20-28)22-30-29-21-25-11-9-23(4-2)10-12-25/h9-12,15-16,19-22,24,27H,3-8,13-14,17-18H2,1-2H3/b29-21+,30-22+. The first kappa shape index (κ1) is 22.5. The van der Waals surface area contributed by atoms with E-state index >= 15 is 0 Å². The summed E-state index contributed by atoms with van der Waals surface area (Å²) < 4.78 is 0. The third-order valence-electron chi connectivity index (χ3n) is 6.59. The van der Waals surface area contributed by atoms with Crippen molar-refractivity contribution in [1.29, 1.82) is 0 Å². The molecule has 0 aliphatic heterocycles. The summed E-state index contributed by atoms with van der Waals surface area (Å²) in [4.78, 5) is 0. The average molecular weight is 403 g/mol. The molecule has 0 heterocycles. The van der Waals surface area contributed by atoms with Crippen LogP contribution >= 0.6 is 0 Å². The molecule has 2 heteroatoms. The van der Waals surface area contributed by atoms with Crippen molar-refractivity contribution in [3.8, 4) is 0 Å². The molecule has 1 saturated carbocycles. The summed E-state index contributed by atoms with van der Waals surface area (Å²) in [5.41, 5.74) is 5.04. The maximum absolute atomic E-state index is 4.22. The second kappa shape index (κ2) is 12.5. The van der Waals surface area contributed by atoms with Crippen molar-refractivity contribution in [1.82, 2.24) is 0 Å². The van der Waals surface area contributed by atoms with Crippen LogP contribution in [0.2, 0.25) is 0 Å². The van der Waals surface area contributed by atoms with E-state index < -0.39 is 0 Å². The van der Waals surface area contributed by atoms with Gasteiger partial charge in [0.2, 0.25) is 0 Å². The smallest absolute Gasteiger partial charge is 0.0568 e. The third-order valence-corrected chi connectivity index (χ3v) is 6.59. The van der Waals surface area contributed by atoms with Crippen LogP contribution in [-0.2, 0) is 6.42 Å². The Hall–Kier alpha value is -2.22. The van der Waals surface area contributed by atoms with Gasteiger partial charge in [-0.3, -0.25) is 0 Å². The van der Waals surface area contributed by atoms with Crippen LogP contribution in [-0.4, -0.2) is 12.4 Å². The lowest BCUT2D eigenvalue weighted by Crippen LogP contribution is -2.13. The Morgan fingerprint density at radius 1 is 0.733 bits per heavy atom. The van der Waals surface area contributed by atoms with E-state index in [0.717, 1.165) is 29.4 Å². The molecule has 2 aromatic rings. The van der Waals surface area contributed by atoms with Crippen molar-refractivity contribution >= 4 is 12.4 Å². The number of rotatable bonds is 10. The van der Waals surface area contributed by atoms with Gasteiger partial charge in [-0.05, 0) is 66.2 Å². The topological polar surface area (TPSA) is 24.7 Å². The maximum atomic E-state index is 4.22. The zero-order valence-electron chi connectivity index (χ0n) is 18.9. The number of hydrogen-bond donors (Lipinski definition) is 0. The Labute approximate surface area is 183 Å². The van der Waals surface area contributed by atoms with E-state index in [1.165, 1.54) is 68.9 Å². The summed E-state index contributed by atoms with van der Waals surface area (Å²) in [6.07, 6.45) is 17.3. The van der Waals surface area contributed by atoms with Gasteiger partial charge in [0, 0.05) is 0 Å². The quantitative estimate of drug-likeness (QED) is 0.219. The highest BCUT2D eigenvalue weighted by molar-refractivity contribution is 5.82. The van der Waals surface area contributed by atoms with E-state index in [1.807, 2.05) is 12.4 Å². The predicted octanol–water partition coefficient (Wildman–Crippen LogP) is 7.95. The van der Waals surface area contributed by atoms with Crippen molar-refractivity contribution in [2.45, 2.75) is 84.0 Å². The molecule has 1 aliphatic rings. The molecule has 0 bridgehead atoms. The minimum atomic E-state index is 0.743. The Morgan fingerprint density at radius 3 is 1.90 bits per heavy atom. The van der Waals surface area contributed by atoms with Crippen molar-refractivity contribution in [2.24, 2.45) is 16.1 Å². The highest BCUT2D eigenvalue weighted by Gasteiger charge is 2.21. The molecular formula is C28H38N2. The fraction of sp³-hybridized carbons (Fsp3) is 0.500. The first-order valence-corrected chi connectivity index (χ1v) is 12.0. The van der Waals surface area contributed by atoms with Crippen LogP contribution in [0.4, 0.5) is 0 Å². The summed E-state index contributed by atoms with van der Waals surface area (Å²) in [5.74, 6) is 1.72. The molecule has 0 atom stereocenters. The second-order valence-electron chi connectivity index (χ2n) is 8.82. The minimum absolute atomic E-state index is 0.743. The minimum Gasteiger partial charge on any atom is -0.159 e. The van der Waals surface area contributed by atoms with E-state index in [1.54, 1.807) is 0 Å². The van der Waals surface area contributed by atoms with Crippen LogP contribution in [0.3, 0.4) is 0 Å². The molecule has 0 amide bonds. The molecule has 160 valence electrons. The molecule has 1 aliphatic carbocycles. The van der Waals surface area contributed by atoms with Crippen LogP contribution in [0, 0.1) is 5.92 Å². The Morgan fingerprint density at radius 2 is 1.33 bits per heavy atom. The summed E-state index contributed by atoms with van der Waals surface area (Å²) in [7, 11) is 0. The van der Waals surface area contributed by atoms with E-state index in [4.69, 9.17) is 0 Å². The average Bonchev–Trinajstić information content (AvgIpc) is 2.81. The zero-order chi connectivity index (χ0) is 21.0. The van der Waals surface area contributed by atoms with Gasteiger partial charge in [-0.25, -0.2) is 0 Å². The van der Waals surface area contributed by atoms with Crippen molar-refractivity contribution in [3.63, 3.8) is 0 Å². The molecule has 2 aromatic carbocycles. The van der Waals surface area contributed by atoms with Crippen LogP contribution in [0.5, 0.6) is 0 Å². The van der Waals surface area contributed by atoms with E-state index in [0.29, 0.717) is 0 Å². The van der Waals surface area contributed by atoms with Gasteiger partial charge >= 0.3 is 0 Å². The highest BCUT2D eigenvalue weighted by atomic mass is 15.2. The lowest BCUT2D eigenvalue weighted by atomic mass is 9.77. The number of benzene rings is 2. The predicted molar refractivity (Wildman–Crippen MR) is 131 cm³/mol. The Kier molecular flexibility index (Phi) is 9.34. The number of nitrogens with zero attached hydrogens (tertiary/aromatic N) is 2. The van der Waals surface area contributed by atoms with Gasteiger partial charge in [0.15, 0.2) is 0 Å². The zero-order valence-corrected chi connectivity index (χ0v) is 18.9. The molecule has 2 nitrogen and oxygen atoms in total. The first-order valence-electron chi connectivity index (χ1n) is 12.0. The summed E-state index contributed by atoms with van der Waals surface area (Å²) in [5, 5.41) is 8.41. The first-order chi connectivity index (χ1) is 14.8. The molecule has 0 aromatic heterocycles. The highest BCUT2D eigenvalue weighted by Crippen LogP contribution is 2.37. The Bertz CT molecular complexity index is 778. The molecule has 0 radical (unpaired) electrons. The lowest BCUT2D eigenvalue weighted by Gasteiger charge is -2.29. The van der Waals surface area contributed by atoms with E-state index in [2.05, 4.69) is 72.6 Å². The largest absolute Gasteiger partial charge is 0.159 e. The maximum Gasteiger partial charge on any atom is 0.0568 e. The van der Waals surface area contributed by atoms with Gasteiger partial charge in [0.05, 0.1) is 12.4 Å². The second-order valence-corrected chi connectivity index (χ2v) is 8.82. The number of hydrogen-bond acceptors (Lipinski definition) is 2. The lowest BCUT2D eigenvalue weighted by molar-refractivity contribution is 0.302. The van der Waals surface area contributed by atoms with Crippen LogP contribution in [0.25, 0.3) is 0 Å². The van der Waals surface area contributed by atoms with Crippen LogP contribution in [0.15, 0.2) is 58.7 Å². The molecule has 1 fully saturated rings. The van der Waals surface area contributed by atoms with Crippen LogP contribution in [0.1, 0.15) is 99.8 Å². The van der Waals surface area contributed by atoms with Gasteiger partial charge < -0.3 is 0 Å². The van der Waals surface area contributed by atoms with Gasteiger partial charge in [-0.15, -0.1) is 0 Å². The fourth-order valence-electron chi connectivity index (χ4n) is 4.54. The number of unbranched alkanes of at least 4 members (excludes halogenated alkanes) is 3. The molecule has 0 unspecified atom stereocenters. The van der Waals surface area contributed by atoms with Crippen molar-refractivity contribution < 1.29 is 0 Å². The van der Waals surface area contributed by atoms with Gasteiger partial charge in [-0.2, -0.15) is 10.2 Å². The van der Waals surface area contributed by atoms with Crippen molar-refractivity contribution in [3.05, 3.63) is 70.8 Å². The molecule has 0 N–H and O–H groups in total. The molecule has 0 saturated heterocycles. The van der Waals surface area contributed by atoms with E-state index in [-0.39, 0.29) is 0 Å². The van der Waals surface area contributed by atoms with Gasteiger partial charge in [0.1, 0.15) is 0 Å². The summed E-state index contributed by atoms with van der Waals surface area (Å²) in [6, 6.07) is 17.4. The molecule has 0 spiro atoms. The monoisotopic (exact) mass is 402 g/mol. The van der Waals surface area contributed by atoms with Gasteiger partial charge in [0.25, 0.3) is 0 Å². The Balaban J connectivity index is 1.43. The van der Waals surface area contributed by atoms with Crippen molar-refractivity contribution in [2.75, 3.05) is 0 Å². The SMILES string of the molecule is CCCCCCC1CCC(c2ccc(/C=N/N=C/c3ccc(CC)cc3)cc2)CC1.